The molecule has 74 heavy (non-hydrogen) atoms. The van der Waals surface area contributed by atoms with Gasteiger partial charge in [0.25, 0.3) is 0 Å². The van der Waals surface area contributed by atoms with Crippen LogP contribution in [-0.4, -0.2) is 356 Å². The first-order valence-corrected chi connectivity index (χ1v) is 23.5. The zero-order valence-electron chi connectivity index (χ0n) is 38.7. The highest BCUT2D eigenvalue weighted by Gasteiger charge is 2.59. The molecule has 34 nitrogen and oxygen atoms in total. The lowest BCUT2D eigenvalue weighted by Crippen LogP contribution is -2.69. The molecule has 0 aromatic rings. The predicted octanol–water partition coefficient (Wildman–Crippen LogP) is -15.0. The number of aliphatic hydroxyl groups excluding tert-OH is 21. The van der Waals surface area contributed by atoms with Gasteiger partial charge in [-0.15, -0.1) is 0 Å². The molecule has 33 atom stereocenters. The van der Waals surface area contributed by atoms with Gasteiger partial charge in [-0.3, -0.25) is 0 Å². The lowest BCUT2D eigenvalue weighted by atomic mass is 9.95. The zero-order valence-corrected chi connectivity index (χ0v) is 38.7. The number of ether oxygens (including phenoxy) is 13. The molecule has 7 aliphatic heterocycles. The van der Waals surface area contributed by atoms with Crippen molar-refractivity contribution in [2.45, 2.75) is 203 Å². The minimum absolute atomic E-state index is 0.686. The summed E-state index contributed by atoms with van der Waals surface area (Å²) in [5.74, 6) is 0. The number of rotatable bonds is 17. The molecule has 7 fully saturated rings. The summed E-state index contributed by atoms with van der Waals surface area (Å²) in [4.78, 5) is 0. The average Bonchev–Trinajstić information content (AvgIpc) is 3.39. The van der Waals surface area contributed by atoms with E-state index >= 15 is 0 Å². The number of hydrogen-bond acceptors (Lipinski definition) is 34. The fourth-order valence-corrected chi connectivity index (χ4v) is 9.34. The molecule has 21 N–H and O–H groups in total. The lowest BCUT2D eigenvalue weighted by molar-refractivity contribution is -0.413. The molecule has 0 aromatic heterocycles. The third-order valence-electron chi connectivity index (χ3n) is 13.8. The van der Waals surface area contributed by atoms with Crippen LogP contribution in [0, 0.1) is 0 Å². The summed E-state index contributed by atoms with van der Waals surface area (Å²) in [5, 5.41) is 223. The molecule has 0 aliphatic carbocycles. The highest BCUT2D eigenvalue weighted by Crippen LogP contribution is 2.38. The van der Waals surface area contributed by atoms with Gasteiger partial charge < -0.3 is 169 Å². The van der Waals surface area contributed by atoms with Gasteiger partial charge in [-0.05, 0) is 0 Å². The van der Waals surface area contributed by atoms with Crippen molar-refractivity contribution in [1.82, 2.24) is 0 Å². The van der Waals surface area contributed by atoms with E-state index in [2.05, 4.69) is 0 Å². The second-order valence-corrected chi connectivity index (χ2v) is 18.7. The molecule has 0 aromatic carbocycles. The standard InChI is InChI=1S/C40H68O34/c41-1-9-16(48)21(53)25(57)36(64-9)70-29-13(5-45)68-39(28(60)31(29)72-37-26(58)22(54)17(49)10(2-42)65-37)71-30-19(51)12(4-44)67-40(33(30)74-35-24(56)15(47)8(46)6-63-35)69-14-7-62-34(61)32(20(14)52)73-38-27(59)23(55)18(50)11(3-43)66-38/h8-61H,1-7H2/t8-,9-,10-,11-,12-,13-,14+,15+,16-,17-,18-,19-,20+,21+,22+,23+,24-,25-,26-,27-,28-,29-,30+,31-,32-,33-,34-,35+,36+,37+,38+,39+,40+/m1/s1. The second kappa shape index (κ2) is 25.8. The molecule has 0 saturated carbocycles. The van der Waals surface area contributed by atoms with Crippen LogP contribution in [0.25, 0.3) is 0 Å². The van der Waals surface area contributed by atoms with Crippen LogP contribution in [0.1, 0.15) is 0 Å². The SMILES string of the molecule is OC[C@H]1O[C@@H](O[C@@H]2[C@@H](O)[C@H](O[C@H]3[C@H](O)[C@@H](CO)O[C@@H](O[C@H]4CO[C@@H](O)[C@H](O[C@@H]5O[C@H](CO)[C@@H](O)[C@H](O)[C@H]5O)[C@H]4O)[C@@H]3O[C@@H]3OC[C@@H](O)[C@H](O)[C@H]3O)O[C@H](CO)[C@H]2O[C@@H]2O[C@H](CO)[C@@H](O)[C@H](O)[C@H]2O)[C@H](O)[C@@H](O)[C@@H]1O. The van der Waals surface area contributed by atoms with E-state index in [4.69, 9.17) is 61.6 Å². The van der Waals surface area contributed by atoms with Crippen LogP contribution in [0.5, 0.6) is 0 Å². The highest BCUT2D eigenvalue weighted by atomic mass is 16.8. The van der Waals surface area contributed by atoms with E-state index in [9.17, 15) is 107 Å². The molecule has 0 radical (unpaired) electrons. The molecule has 0 bridgehead atoms. The quantitative estimate of drug-likeness (QED) is 0.0643. The topological polar surface area (TPSA) is 545 Å². The maximum atomic E-state index is 12.2. The fraction of sp³-hybridized carbons (Fsp3) is 1.00. The summed E-state index contributed by atoms with van der Waals surface area (Å²) < 4.78 is 74.3. The van der Waals surface area contributed by atoms with Crippen molar-refractivity contribution in [2.24, 2.45) is 0 Å². The van der Waals surface area contributed by atoms with Gasteiger partial charge in [-0.2, -0.15) is 0 Å². The molecule has 0 amide bonds. The molecule has 7 rings (SSSR count). The normalized spacial score (nSPS) is 53.7. The summed E-state index contributed by atoms with van der Waals surface area (Å²) in [6, 6.07) is 0. The van der Waals surface area contributed by atoms with Gasteiger partial charge >= 0.3 is 0 Å². The Kier molecular flexibility index (Phi) is 21.0. The first-order valence-electron chi connectivity index (χ1n) is 23.5. The van der Waals surface area contributed by atoms with Crippen LogP contribution < -0.4 is 0 Å². The van der Waals surface area contributed by atoms with Crippen molar-refractivity contribution in [1.29, 1.82) is 0 Å². The number of aliphatic hydroxyl groups is 21. The fourth-order valence-electron chi connectivity index (χ4n) is 9.34. The van der Waals surface area contributed by atoms with Gasteiger partial charge in [0.15, 0.2) is 44.0 Å². The highest BCUT2D eigenvalue weighted by molar-refractivity contribution is 5.00. The van der Waals surface area contributed by atoms with Crippen LogP contribution in [0.2, 0.25) is 0 Å². The molecule has 34 heteroatoms. The lowest BCUT2D eigenvalue weighted by Gasteiger charge is -2.51. The van der Waals surface area contributed by atoms with Crippen molar-refractivity contribution in [3.8, 4) is 0 Å². The zero-order chi connectivity index (χ0) is 54.2. The van der Waals surface area contributed by atoms with E-state index in [1.807, 2.05) is 0 Å². The minimum atomic E-state index is -2.38. The molecule has 0 unspecified atom stereocenters. The van der Waals surface area contributed by atoms with Crippen molar-refractivity contribution in [3.05, 3.63) is 0 Å². The Morgan fingerprint density at radius 3 is 1.11 bits per heavy atom. The summed E-state index contributed by atoms with van der Waals surface area (Å²) in [7, 11) is 0. The molecule has 7 aliphatic rings. The number of hydrogen-bond donors (Lipinski definition) is 21. The molecule has 432 valence electrons. The van der Waals surface area contributed by atoms with Crippen LogP contribution in [-0.2, 0) is 61.6 Å². The average molecular weight is 1090 g/mol. The summed E-state index contributed by atoms with van der Waals surface area (Å²) in [6.07, 6.45) is -65.3. The van der Waals surface area contributed by atoms with Crippen molar-refractivity contribution in [3.63, 3.8) is 0 Å². The maximum Gasteiger partial charge on any atom is 0.187 e. The Hall–Kier alpha value is -1.36. The Morgan fingerprint density at radius 2 is 0.635 bits per heavy atom. The van der Waals surface area contributed by atoms with Crippen LogP contribution in [0.3, 0.4) is 0 Å². The third-order valence-corrected chi connectivity index (χ3v) is 13.8. The Bertz CT molecular complexity index is 1710. The van der Waals surface area contributed by atoms with Crippen molar-refractivity contribution in [2.75, 3.05) is 46.2 Å². The van der Waals surface area contributed by atoms with E-state index in [0.717, 1.165) is 0 Å². The monoisotopic (exact) mass is 1090 g/mol. The van der Waals surface area contributed by atoms with Gasteiger partial charge in [-0.25, -0.2) is 0 Å². The van der Waals surface area contributed by atoms with Gasteiger partial charge in [0.1, 0.15) is 159 Å². The van der Waals surface area contributed by atoms with Crippen molar-refractivity contribution < 1.29 is 169 Å². The first kappa shape index (κ1) is 60.3. The molecule has 0 spiro atoms. The van der Waals surface area contributed by atoms with Gasteiger partial charge in [-0.1, -0.05) is 0 Å². The van der Waals surface area contributed by atoms with E-state index < -0.39 is 249 Å². The summed E-state index contributed by atoms with van der Waals surface area (Å²) in [5.41, 5.74) is 0. The van der Waals surface area contributed by atoms with E-state index in [0.29, 0.717) is 0 Å². The Labute approximate surface area is 417 Å². The second-order valence-electron chi connectivity index (χ2n) is 18.7. The maximum absolute atomic E-state index is 12.2. The van der Waals surface area contributed by atoms with Crippen LogP contribution in [0.4, 0.5) is 0 Å². The van der Waals surface area contributed by atoms with E-state index in [1.54, 1.807) is 0 Å². The Balaban J connectivity index is 1.20. The van der Waals surface area contributed by atoms with Gasteiger partial charge in [0, 0.05) is 0 Å². The molecular formula is C40H68O34. The minimum Gasteiger partial charge on any atom is -0.394 e. The van der Waals surface area contributed by atoms with Crippen LogP contribution in [0.15, 0.2) is 0 Å². The first-order chi connectivity index (χ1) is 35.1. The van der Waals surface area contributed by atoms with Crippen molar-refractivity contribution >= 4 is 0 Å². The Morgan fingerprint density at radius 1 is 0.270 bits per heavy atom. The summed E-state index contributed by atoms with van der Waals surface area (Å²) >= 11 is 0. The smallest absolute Gasteiger partial charge is 0.187 e. The largest absolute Gasteiger partial charge is 0.394 e. The third kappa shape index (κ3) is 12.3. The van der Waals surface area contributed by atoms with Gasteiger partial charge in [0.2, 0.25) is 0 Å². The van der Waals surface area contributed by atoms with E-state index in [1.165, 1.54) is 0 Å². The molecular weight excluding hydrogens is 1020 g/mol. The predicted molar refractivity (Wildman–Crippen MR) is 220 cm³/mol. The summed E-state index contributed by atoms with van der Waals surface area (Å²) in [6.45, 7) is -6.46. The van der Waals surface area contributed by atoms with Gasteiger partial charge in [0.05, 0.1) is 46.2 Å². The van der Waals surface area contributed by atoms with Crippen LogP contribution >= 0.6 is 0 Å². The molecule has 7 saturated heterocycles. The molecule has 7 heterocycles. The van der Waals surface area contributed by atoms with E-state index in [-0.39, 0.29) is 0 Å².